The summed E-state index contributed by atoms with van der Waals surface area (Å²) in [4.78, 5) is 62.2. The summed E-state index contributed by atoms with van der Waals surface area (Å²) in [5, 5.41) is 13.7. The van der Waals surface area contributed by atoms with Crippen molar-refractivity contribution in [2.75, 3.05) is 42.6 Å². The largest absolute Gasteiger partial charge is 0.463 e. The number of aliphatic hydroxyl groups is 1. The molecule has 3 amide bonds. The van der Waals surface area contributed by atoms with Crippen molar-refractivity contribution in [1.29, 1.82) is 0 Å². The van der Waals surface area contributed by atoms with Crippen LogP contribution in [0.1, 0.15) is 52.1 Å². The summed E-state index contributed by atoms with van der Waals surface area (Å²) >= 11 is 0. The molecule has 4 aliphatic rings. The lowest BCUT2D eigenvalue weighted by Crippen LogP contribution is -2.59. The number of carbonyl (C=O) groups excluding carboxylic acids is 4. The Balaban J connectivity index is 1.43. The Morgan fingerprint density at radius 1 is 0.980 bits per heavy atom. The summed E-state index contributed by atoms with van der Waals surface area (Å²) < 4.78 is 12.4. The van der Waals surface area contributed by atoms with Crippen molar-refractivity contribution in [1.82, 2.24) is 10.2 Å². The SMILES string of the molecule is CCN(CC)c1ccc(N2CC=C[C@]34O[C@@H]5/C=C\CCC(=O)OC[C@@H](c6ccccc6)NC(=O)[C@@H]5[C@H]3C(=O)N([C@@H](CO)C(C)C)[C@@H]4C2=O)cc1. The van der Waals surface area contributed by atoms with Crippen molar-refractivity contribution >= 4 is 35.1 Å². The molecule has 50 heavy (non-hydrogen) atoms. The predicted molar refractivity (Wildman–Crippen MR) is 189 cm³/mol. The molecule has 2 aromatic rings. The van der Waals surface area contributed by atoms with E-state index in [0.29, 0.717) is 12.1 Å². The molecule has 2 aromatic carbocycles. The molecule has 4 aliphatic heterocycles. The highest BCUT2D eigenvalue weighted by atomic mass is 16.5. The number of hydrogen-bond acceptors (Lipinski definition) is 8. The number of fused-ring (bicyclic) bond motifs is 2. The van der Waals surface area contributed by atoms with Crippen LogP contribution in [0.4, 0.5) is 11.4 Å². The number of nitrogens with one attached hydrogen (secondary N) is 1. The molecule has 0 aromatic heterocycles. The maximum Gasteiger partial charge on any atom is 0.306 e. The zero-order chi connectivity index (χ0) is 35.6. The number of ether oxygens (including phenoxy) is 2. The number of carbonyl (C=O) groups is 4. The number of anilines is 2. The average molecular weight is 685 g/mol. The average Bonchev–Trinajstić information content (AvgIpc) is 3.50. The van der Waals surface area contributed by atoms with Crippen LogP contribution in [-0.4, -0.2) is 90.3 Å². The van der Waals surface area contributed by atoms with Gasteiger partial charge in [-0.3, -0.25) is 19.2 Å². The molecule has 11 heteroatoms. The first kappa shape index (κ1) is 35.3. The highest BCUT2D eigenvalue weighted by molar-refractivity contribution is 6.06. The Kier molecular flexibility index (Phi) is 10.5. The predicted octanol–water partition coefficient (Wildman–Crippen LogP) is 3.78. The first-order valence-electron chi connectivity index (χ1n) is 17.8. The third-order valence-corrected chi connectivity index (χ3v) is 10.6. The second kappa shape index (κ2) is 14.8. The zero-order valence-corrected chi connectivity index (χ0v) is 29.2. The molecule has 4 heterocycles. The zero-order valence-electron chi connectivity index (χ0n) is 29.2. The van der Waals surface area contributed by atoms with Crippen molar-refractivity contribution in [3.05, 3.63) is 84.5 Å². The van der Waals surface area contributed by atoms with Gasteiger partial charge in [-0.2, -0.15) is 0 Å². The van der Waals surface area contributed by atoms with Crippen LogP contribution in [0.15, 0.2) is 78.9 Å². The molecule has 7 atom stereocenters. The van der Waals surface area contributed by atoms with Crippen LogP contribution >= 0.6 is 0 Å². The minimum absolute atomic E-state index is 0.0740. The maximum absolute atomic E-state index is 14.9. The smallest absolute Gasteiger partial charge is 0.306 e. The van der Waals surface area contributed by atoms with E-state index in [2.05, 4.69) is 24.1 Å². The van der Waals surface area contributed by atoms with Crippen LogP contribution in [0.25, 0.3) is 0 Å². The highest BCUT2D eigenvalue weighted by Crippen LogP contribution is 2.54. The van der Waals surface area contributed by atoms with Gasteiger partial charge in [0.25, 0.3) is 5.91 Å². The number of amides is 3. The van der Waals surface area contributed by atoms with E-state index in [1.807, 2.05) is 74.5 Å². The number of nitrogens with zero attached hydrogens (tertiary/aromatic N) is 3. The van der Waals surface area contributed by atoms with Gasteiger partial charge in [-0.15, -0.1) is 0 Å². The Labute approximate surface area is 293 Å². The lowest BCUT2D eigenvalue weighted by molar-refractivity contribution is -0.147. The molecule has 2 saturated heterocycles. The minimum atomic E-state index is -1.49. The monoisotopic (exact) mass is 684 g/mol. The Hall–Kier alpha value is -4.48. The third kappa shape index (κ3) is 6.33. The second-order valence-corrected chi connectivity index (χ2v) is 13.7. The molecule has 0 aliphatic carbocycles. The number of rotatable bonds is 8. The second-order valence-electron chi connectivity index (χ2n) is 13.7. The van der Waals surface area contributed by atoms with Crippen LogP contribution in [0, 0.1) is 17.8 Å². The van der Waals surface area contributed by atoms with Crippen LogP contribution in [-0.2, 0) is 28.7 Å². The van der Waals surface area contributed by atoms with E-state index in [-0.39, 0.29) is 44.0 Å². The fourth-order valence-electron chi connectivity index (χ4n) is 8.02. The molecule has 1 spiro atoms. The summed E-state index contributed by atoms with van der Waals surface area (Å²) in [7, 11) is 0. The van der Waals surface area contributed by atoms with Gasteiger partial charge in [0.15, 0.2) is 0 Å². The number of esters is 1. The molecule has 0 bridgehead atoms. The molecule has 2 N–H and O–H groups in total. The van der Waals surface area contributed by atoms with E-state index < -0.39 is 53.5 Å². The van der Waals surface area contributed by atoms with Gasteiger partial charge in [-0.05, 0) is 56.0 Å². The van der Waals surface area contributed by atoms with Crippen molar-refractivity contribution in [2.24, 2.45) is 17.8 Å². The number of hydrogen-bond donors (Lipinski definition) is 2. The third-order valence-electron chi connectivity index (χ3n) is 10.6. The summed E-state index contributed by atoms with van der Waals surface area (Å²) in [5.74, 6) is -3.84. The number of allylic oxidation sites excluding steroid dienone is 1. The topological polar surface area (TPSA) is 129 Å². The molecule has 6 rings (SSSR count). The van der Waals surface area contributed by atoms with E-state index in [9.17, 15) is 24.3 Å². The van der Waals surface area contributed by atoms with Gasteiger partial charge in [0.1, 0.15) is 18.2 Å². The number of cyclic esters (lactones) is 1. The molecular weight excluding hydrogens is 636 g/mol. The lowest BCUT2D eigenvalue weighted by Gasteiger charge is -2.40. The van der Waals surface area contributed by atoms with Gasteiger partial charge >= 0.3 is 5.97 Å². The molecule has 11 nitrogen and oxygen atoms in total. The van der Waals surface area contributed by atoms with Gasteiger partial charge in [0.2, 0.25) is 11.8 Å². The summed E-state index contributed by atoms with van der Waals surface area (Å²) in [6.07, 6.45) is 6.79. The fourth-order valence-corrected chi connectivity index (χ4v) is 8.02. The van der Waals surface area contributed by atoms with Crippen molar-refractivity contribution in [2.45, 2.75) is 70.4 Å². The van der Waals surface area contributed by atoms with Crippen molar-refractivity contribution in [3.8, 4) is 0 Å². The van der Waals surface area contributed by atoms with E-state index in [0.717, 1.165) is 24.3 Å². The first-order chi connectivity index (χ1) is 24.1. The fraction of sp³-hybridized carbons (Fsp3) is 0.487. The summed E-state index contributed by atoms with van der Waals surface area (Å²) in [6, 6.07) is 14.5. The molecule has 0 saturated carbocycles. The lowest BCUT2D eigenvalue weighted by atomic mass is 9.77. The maximum atomic E-state index is 14.9. The number of benzene rings is 2. The van der Waals surface area contributed by atoms with Crippen molar-refractivity contribution < 1.29 is 33.8 Å². The van der Waals surface area contributed by atoms with Crippen LogP contribution < -0.4 is 15.1 Å². The van der Waals surface area contributed by atoms with Crippen LogP contribution in [0.5, 0.6) is 0 Å². The van der Waals surface area contributed by atoms with E-state index in [1.54, 1.807) is 23.1 Å². The molecule has 0 radical (unpaired) electrons. The Bertz CT molecular complexity index is 1620. The van der Waals surface area contributed by atoms with Crippen LogP contribution in [0.2, 0.25) is 0 Å². The number of aliphatic hydroxyl groups excluding tert-OH is 1. The molecular formula is C39H48N4O7. The standard InChI is InChI=1S/C39H48N4O7/c1-5-41(6-2)27-17-19-28(20-18-27)42-22-12-21-39-34(37(47)43(35(39)38(42)48)30(23-44)25(3)4)33-31(50-39)15-10-11-16-32(45)49-24-29(40-36(33)46)26-13-8-7-9-14-26/h7-10,12-15,17-21,25,29-31,33-35,44H,5-6,11,16,22-24H2,1-4H3,(H,40,46)/b15-10-/t29-,30-,31+,33-,34-,35+,39-/m0/s1. The normalized spacial score (nSPS) is 29.6. The molecule has 0 unspecified atom stereocenters. The molecule has 266 valence electrons. The van der Waals surface area contributed by atoms with Crippen molar-refractivity contribution in [3.63, 3.8) is 0 Å². The Morgan fingerprint density at radius 2 is 1.70 bits per heavy atom. The van der Waals surface area contributed by atoms with Gasteiger partial charge < -0.3 is 34.6 Å². The van der Waals surface area contributed by atoms with Crippen LogP contribution in [0.3, 0.4) is 0 Å². The van der Waals surface area contributed by atoms with E-state index >= 15 is 0 Å². The van der Waals surface area contributed by atoms with Gasteiger partial charge in [0.05, 0.1) is 36.6 Å². The minimum Gasteiger partial charge on any atom is -0.463 e. The van der Waals surface area contributed by atoms with Gasteiger partial charge in [-0.1, -0.05) is 68.5 Å². The van der Waals surface area contributed by atoms with Gasteiger partial charge in [-0.25, -0.2) is 0 Å². The summed E-state index contributed by atoms with van der Waals surface area (Å²) in [5.41, 5.74) is 0.971. The summed E-state index contributed by atoms with van der Waals surface area (Å²) in [6.45, 7) is 9.47. The first-order valence-corrected chi connectivity index (χ1v) is 17.8. The van der Waals surface area contributed by atoms with Gasteiger partial charge in [0, 0.05) is 37.4 Å². The molecule has 2 fully saturated rings. The van der Waals surface area contributed by atoms with E-state index in [1.165, 1.54) is 4.90 Å². The number of likely N-dealkylation sites (tertiary alicyclic amines) is 1. The Morgan fingerprint density at radius 3 is 2.36 bits per heavy atom. The highest BCUT2D eigenvalue weighted by Gasteiger charge is 2.72. The van der Waals surface area contributed by atoms with E-state index in [4.69, 9.17) is 9.47 Å². The quantitative estimate of drug-likeness (QED) is 0.318.